The molecule has 0 unspecified atom stereocenters. The Balaban J connectivity index is 0. The molecule has 0 atom stereocenters. The van der Waals surface area contributed by atoms with Crippen LogP contribution in [-0.4, -0.2) is 80.0 Å². The molecule has 17 heavy (non-hydrogen) atoms. The van der Waals surface area contributed by atoms with Crippen molar-refractivity contribution >= 4 is 0 Å². The topological polar surface area (TPSA) is 62.5 Å². The molecule has 0 aromatic rings. The van der Waals surface area contributed by atoms with Gasteiger partial charge in [0.05, 0.1) is 26.2 Å². The second kappa shape index (κ2) is 16.8. The number of nitrogens with one attached hydrogen (secondary N) is 2. The number of halogens is 1. The van der Waals surface area contributed by atoms with Crippen LogP contribution in [0.25, 0.3) is 0 Å². The Morgan fingerprint density at radius 1 is 0.529 bits per heavy atom. The van der Waals surface area contributed by atoms with Crippen LogP contribution in [0.4, 0.5) is 0 Å². The standard InChI is InChI=1S/C10H22N2O3.ClH.Pt/c1-5-13-6-2-12-4-8-15-10-9-14-7-3-11-1;;/h11-12H,1-10H2;1H;/q;;+4/p+2. The molecule has 0 bridgehead atoms. The minimum absolute atomic E-state index is 0. The van der Waals surface area contributed by atoms with Gasteiger partial charge in [0.1, 0.15) is 0 Å². The molecule has 0 spiro atoms. The number of ether oxygens (including phenoxy) is 3. The van der Waals surface area contributed by atoms with E-state index in [1.54, 1.807) is 0 Å². The number of hydrogen-bond donors (Lipinski definition) is 2. The monoisotopic (exact) mass is 451 g/mol. The van der Waals surface area contributed by atoms with Crippen molar-refractivity contribution in [3.8, 4) is 0 Å². The summed E-state index contributed by atoms with van der Waals surface area (Å²) < 4.78 is 13.1. The van der Waals surface area contributed by atoms with Crippen LogP contribution < -0.4 is 23.0 Å². The molecule has 0 aromatic heterocycles. The average molecular weight is 452 g/mol. The first-order valence-electron chi connectivity index (χ1n) is 5.81. The van der Waals surface area contributed by atoms with Crippen LogP contribution in [0.15, 0.2) is 0 Å². The molecule has 7 heteroatoms. The first kappa shape index (κ1) is 20.1. The van der Waals surface area contributed by atoms with Crippen LogP contribution in [-0.2, 0) is 21.1 Å². The SMILES string of the molecule is C1C[OH+]CCNCC[OH+]CC[OH+]CCN1.[Cl-].[Pt+4]. The minimum atomic E-state index is 0. The van der Waals surface area contributed by atoms with E-state index in [0.29, 0.717) is 0 Å². The summed E-state index contributed by atoms with van der Waals surface area (Å²) in [5.74, 6) is 0. The molecular weight excluding hydrogens is 427 g/mol. The third-order valence-corrected chi connectivity index (χ3v) is 2.20. The van der Waals surface area contributed by atoms with Crippen molar-refractivity contribution in [3.05, 3.63) is 0 Å². The van der Waals surface area contributed by atoms with Gasteiger partial charge in [-0.2, -0.15) is 0 Å². The number of hydrogen-bond acceptors (Lipinski definition) is 2. The Kier molecular flexibility index (Phi) is 19.8. The summed E-state index contributed by atoms with van der Waals surface area (Å²) in [4.78, 5) is 0. The number of rotatable bonds is 0. The summed E-state index contributed by atoms with van der Waals surface area (Å²) in [5, 5.41) is 6.63. The average Bonchev–Trinajstić information content (AvgIpc) is 2.27. The van der Waals surface area contributed by atoms with Gasteiger partial charge in [-0.1, -0.05) is 0 Å². The van der Waals surface area contributed by atoms with Crippen molar-refractivity contribution in [2.24, 2.45) is 0 Å². The summed E-state index contributed by atoms with van der Waals surface area (Å²) in [6.45, 7) is 9.22. The van der Waals surface area contributed by atoms with E-state index < -0.39 is 0 Å². The Morgan fingerprint density at radius 3 is 1.18 bits per heavy atom. The van der Waals surface area contributed by atoms with Crippen LogP contribution in [0.2, 0.25) is 0 Å². The zero-order chi connectivity index (χ0) is 10.6. The quantitative estimate of drug-likeness (QED) is 0.362. The van der Waals surface area contributed by atoms with E-state index in [4.69, 9.17) is 0 Å². The smallest absolute Gasteiger partial charge is 1.00 e. The fourth-order valence-electron chi connectivity index (χ4n) is 1.36. The summed E-state index contributed by atoms with van der Waals surface area (Å²) in [6, 6.07) is 0. The maximum Gasteiger partial charge on any atom is 4.00 e. The van der Waals surface area contributed by atoms with E-state index in [0.717, 1.165) is 65.8 Å². The van der Waals surface area contributed by atoms with Crippen molar-refractivity contribution in [2.45, 2.75) is 0 Å². The van der Waals surface area contributed by atoms with Crippen molar-refractivity contribution < 1.29 is 47.7 Å². The van der Waals surface area contributed by atoms with E-state index in [1.807, 2.05) is 0 Å². The van der Waals surface area contributed by atoms with Gasteiger partial charge in [-0.05, 0) is 0 Å². The first-order valence-corrected chi connectivity index (χ1v) is 5.81. The van der Waals surface area contributed by atoms with E-state index >= 15 is 0 Å². The van der Waals surface area contributed by atoms with Crippen molar-refractivity contribution in [1.29, 1.82) is 0 Å². The van der Waals surface area contributed by atoms with Crippen molar-refractivity contribution in [1.82, 2.24) is 10.6 Å². The van der Waals surface area contributed by atoms with Gasteiger partial charge in [-0.3, -0.25) is 0 Å². The van der Waals surface area contributed by atoms with Gasteiger partial charge in [0, 0.05) is 0 Å². The Labute approximate surface area is 124 Å². The Morgan fingerprint density at radius 2 is 0.824 bits per heavy atom. The molecule has 5 N–H and O–H groups in total. The summed E-state index contributed by atoms with van der Waals surface area (Å²) in [6.07, 6.45) is 0. The van der Waals surface area contributed by atoms with Crippen LogP contribution in [0.1, 0.15) is 0 Å². The van der Waals surface area contributed by atoms with Gasteiger partial charge in [0.25, 0.3) is 0 Å². The molecular formula is C10H25ClN2O3Pt+6. The van der Waals surface area contributed by atoms with Gasteiger partial charge in [-0.15, -0.1) is 0 Å². The minimum Gasteiger partial charge on any atom is -1.00 e. The normalized spacial score (nSPS) is 21.2. The molecule has 0 amide bonds. The molecule has 5 nitrogen and oxygen atoms in total. The largest absolute Gasteiger partial charge is 4.00 e. The Bertz CT molecular complexity index is 88.1. The van der Waals surface area contributed by atoms with E-state index in [1.165, 1.54) is 0 Å². The van der Waals surface area contributed by atoms with Gasteiger partial charge in [0.2, 0.25) is 13.2 Å². The molecule has 1 saturated heterocycles. The molecule has 0 aromatic carbocycles. The number of aliphatic hydroxyl groups is 6. The third kappa shape index (κ3) is 14.7. The second-order valence-corrected chi connectivity index (χ2v) is 3.51. The Hall–Kier alpha value is 0.778. The maximum atomic E-state index is 4.40. The van der Waals surface area contributed by atoms with Crippen molar-refractivity contribution in [3.63, 3.8) is 0 Å². The maximum absolute atomic E-state index is 4.40. The van der Waals surface area contributed by atoms with Gasteiger partial charge < -0.3 is 37.3 Å². The van der Waals surface area contributed by atoms with Gasteiger partial charge >= 0.3 is 21.1 Å². The van der Waals surface area contributed by atoms with E-state index in [2.05, 4.69) is 24.8 Å². The second-order valence-electron chi connectivity index (χ2n) is 3.51. The summed E-state index contributed by atoms with van der Waals surface area (Å²) in [7, 11) is 0. The van der Waals surface area contributed by atoms with Crippen molar-refractivity contribution in [2.75, 3.05) is 65.8 Å². The van der Waals surface area contributed by atoms with Crippen LogP contribution in [0.5, 0.6) is 0 Å². The summed E-state index contributed by atoms with van der Waals surface area (Å²) >= 11 is 0. The van der Waals surface area contributed by atoms with E-state index in [9.17, 15) is 0 Å². The van der Waals surface area contributed by atoms with E-state index in [-0.39, 0.29) is 33.5 Å². The fourth-order valence-corrected chi connectivity index (χ4v) is 1.36. The predicted molar refractivity (Wildman–Crippen MR) is 61.6 cm³/mol. The van der Waals surface area contributed by atoms with Crippen LogP contribution in [0.3, 0.4) is 0 Å². The molecule has 1 aliphatic heterocycles. The molecule has 104 valence electrons. The van der Waals surface area contributed by atoms with Crippen LogP contribution in [0, 0.1) is 0 Å². The fraction of sp³-hybridized carbons (Fsp3) is 1.00. The summed E-state index contributed by atoms with van der Waals surface area (Å²) in [5.41, 5.74) is 0. The zero-order valence-corrected chi connectivity index (χ0v) is 13.1. The first-order chi connectivity index (χ1) is 7.50. The molecule has 1 fully saturated rings. The molecule has 1 rings (SSSR count). The third-order valence-electron chi connectivity index (χ3n) is 2.20. The van der Waals surface area contributed by atoms with Crippen LogP contribution >= 0.6 is 0 Å². The zero-order valence-electron chi connectivity index (χ0n) is 10.1. The molecule has 0 saturated carbocycles. The molecule has 1 heterocycles. The predicted octanol–water partition coefficient (Wildman–Crippen LogP) is -5.24. The molecule has 0 aliphatic carbocycles. The molecule has 0 radical (unpaired) electrons. The van der Waals surface area contributed by atoms with Gasteiger partial charge in [-0.25, -0.2) is 0 Å². The molecule has 1 aliphatic rings. The van der Waals surface area contributed by atoms with Gasteiger partial charge in [0.15, 0.2) is 26.4 Å².